The van der Waals surface area contributed by atoms with E-state index in [-0.39, 0.29) is 5.88 Å². The van der Waals surface area contributed by atoms with Crippen LogP contribution in [0.25, 0.3) is 11.3 Å². The zero-order valence-corrected chi connectivity index (χ0v) is 21.7. The summed E-state index contributed by atoms with van der Waals surface area (Å²) in [4.78, 5) is 4.14. The molecule has 192 valence electrons. The average Bonchev–Trinajstić information content (AvgIpc) is 3.29. The van der Waals surface area contributed by atoms with Gasteiger partial charge in [-0.1, -0.05) is 13.8 Å². The van der Waals surface area contributed by atoms with Gasteiger partial charge in [0.15, 0.2) is 5.82 Å². The quantitative estimate of drug-likeness (QED) is 0.554. The molecule has 9 heteroatoms. The number of hydrogen-bond acceptors (Lipinski definition) is 7. The maximum absolute atomic E-state index is 14.5. The predicted molar refractivity (Wildman–Crippen MR) is 135 cm³/mol. The zero-order chi connectivity index (χ0) is 25.0. The number of methoxy groups -OCH3 is 1. The predicted octanol–water partition coefficient (Wildman–Crippen LogP) is 3.50. The van der Waals surface area contributed by atoms with Crippen LogP contribution in [0.3, 0.4) is 0 Å². The van der Waals surface area contributed by atoms with E-state index in [4.69, 9.17) is 19.7 Å². The van der Waals surface area contributed by atoms with E-state index in [9.17, 15) is 4.39 Å². The van der Waals surface area contributed by atoms with Gasteiger partial charge in [-0.3, -0.25) is 9.69 Å². The molecule has 1 N–H and O–H groups in total. The topological polar surface area (TPSA) is 76.8 Å². The fourth-order valence-electron chi connectivity index (χ4n) is 5.30. The van der Waals surface area contributed by atoms with Crippen LogP contribution in [0.15, 0.2) is 17.4 Å². The number of pyridine rings is 1. The number of hydrazone groups is 1. The molecule has 8 nitrogen and oxygen atoms in total. The molecule has 0 aliphatic carbocycles. The Balaban J connectivity index is 1.62. The molecule has 0 radical (unpaired) electrons. The van der Waals surface area contributed by atoms with Gasteiger partial charge in [-0.2, -0.15) is 10.2 Å². The Morgan fingerprint density at radius 3 is 2.80 bits per heavy atom. The largest absolute Gasteiger partial charge is 0.479 e. The van der Waals surface area contributed by atoms with Crippen LogP contribution < -0.4 is 10.1 Å². The van der Waals surface area contributed by atoms with Gasteiger partial charge in [0.25, 0.3) is 0 Å². The van der Waals surface area contributed by atoms with Gasteiger partial charge in [-0.05, 0) is 57.7 Å². The summed E-state index contributed by atoms with van der Waals surface area (Å²) in [7, 11) is 3.42. The van der Waals surface area contributed by atoms with Crippen molar-refractivity contribution in [2.24, 2.45) is 16.9 Å². The molecule has 35 heavy (non-hydrogen) atoms. The fourth-order valence-corrected chi connectivity index (χ4v) is 5.30. The normalized spacial score (nSPS) is 20.8. The number of nitrogens with one attached hydrogen (secondary N) is 1. The molecule has 4 heterocycles. The molecule has 2 atom stereocenters. The molecular formula is C26H39FN6O2. The molecule has 2 unspecified atom stereocenters. The van der Waals surface area contributed by atoms with Gasteiger partial charge < -0.3 is 14.8 Å². The summed E-state index contributed by atoms with van der Waals surface area (Å²) in [6, 6.07) is 1.46. The first-order chi connectivity index (χ1) is 16.8. The van der Waals surface area contributed by atoms with E-state index < -0.39 is 11.4 Å². The minimum atomic E-state index is -0.490. The molecule has 2 aromatic rings. The van der Waals surface area contributed by atoms with Crippen molar-refractivity contribution in [2.75, 3.05) is 47.0 Å². The van der Waals surface area contributed by atoms with Crippen LogP contribution in [0.2, 0.25) is 0 Å². The monoisotopic (exact) mass is 486 g/mol. The van der Waals surface area contributed by atoms with Crippen LogP contribution in [-0.4, -0.2) is 73.0 Å². The minimum absolute atomic E-state index is 0.0117. The lowest BCUT2D eigenvalue weighted by Gasteiger charge is -2.29. The van der Waals surface area contributed by atoms with E-state index in [1.165, 1.54) is 19.6 Å². The maximum atomic E-state index is 14.5. The number of nitrogens with zero attached hydrogens (tertiary/aromatic N) is 5. The molecular weight excluding hydrogens is 447 g/mol. The Morgan fingerprint density at radius 2 is 2.09 bits per heavy atom. The standard InChI is InChI=1S/C26H39FN6O2/c1-18(2)12-19(6-9-28-4)15-32-17-26(3,16-30-32)33-23-8-11-35-10-7-21(23)24(31-33)20-13-22(27)25(34-5)29-14-20/h13-14,16,18-19,28H,6-12,15,17H2,1-5H3. The van der Waals surface area contributed by atoms with Crippen LogP contribution in [0.4, 0.5) is 4.39 Å². The molecule has 0 spiro atoms. The van der Waals surface area contributed by atoms with Gasteiger partial charge in [0.2, 0.25) is 5.88 Å². The van der Waals surface area contributed by atoms with Gasteiger partial charge in [-0.25, -0.2) is 9.37 Å². The molecule has 2 aliphatic rings. The number of fused-ring (bicyclic) bond motifs is 1. The van der Waals surface area contributed by atoms with Crippen LogP contribution in [0.1, 0.15) is 44.9 Å². The molecule has 4 rings (SSSR count). The highest BCUT2D eigenvalue weighted by Gasteiger charge is 2.37. The highest BCUT2D eigenvalue weighted by atomic mass is 19.1. The van der Waals surface area contributed by atoms with Crippen molar-refractivity contribution in [3.63, 3.8) is 0 Å². The Hall–Kier alpha value is -2.52. The molecule has 0 bridgehead atoms. The summed E-state index contributed by atoms with van der Waals surface area (Å²) >= 11 is 0. The Kier molecular flexibility index (Phi) is 8.06. The van der Waals surface area contributed by atoms with E-state index in [0.717, 1.165) is 55.8 Å². The van der Waals surface area contributed by atoms with Crippen LogP contribution >= 0.6 is 0 Å². The number of ether oxygens (including phenoxy) is 2. The second-order valence-corrected chi connectivity index (χ2v) is 10.3. The Morgan fingerprint density at radius 1 is 1.29 bits per heavy atom. The first-order valence-electron chi connectivity index (χ1n) is 12.7. The van der Waals surface area contributed by atoms with Crippen molar-refractivity contribution in [1.29, 1.82) is 0 Å². The smallest absolute Gasteiger partial charge is 0.250 e. The minimum Gasteiger partial charge on any atom is -0.479 e. The molecule has 2 aliphatic heterocycles. The lowest BCUT2D eigenvalue weighted by atomic mass is 9.93. The Bertz CT molecular complexity index is 1040. The number of halogens is 1. The van der Waals surface area contributed by atoms with Crippen molar-refractivity contribution in [3.05, 3.63) is 29.3 Å². The van der Waals surface area contributed by atoms with E-state index >= 15 is 0 Å². The highest BCUT2D eigenvalue weighted by Crippen LogP contribution is 2.34. The van der Waals surface area contributed by atoms with E-state index in [1.807, 2.05) is 13.3 Å². The summed E-state index contributed by atoms with van der Waals surface area (Å²) in [5.74, 6) is 0.727. The van der Waals surface area contributed by atoms with Crippen molar-refractivity contribution in [2.45, 2.75) is 52.0 Å². The van der Waals surface area contributed by atoms with Gasteiger partial charge in [0.1, 0.15) is 5.54 Å². The lowest BCUT2D eigenvalue weighted by molar-refractivity contribution is 0.144. The summed E-state index contributed by atoms with van der Waals surface area (Å²) in [5, 5.41) is 15.3. The average molecular weight is 487 g/mol. The molecule has 2 aromatic heterocycles. The maximum Gasteiger partial charge on any atom is 0.250 e. The first-order valence-corrected chi connectivity index (χ1v) is 12.7. The van der Waals surface area contributed by atoms with Crippen molar-refractivity contribution in [3.8, 4) is 17.1 Å². The molecule has 0 saturated heterocycles. The molecule has 0 amide bonds. The van der Waals surface area contributed by atoms with E-state index in [2.05, 4.69) is 40.8 Å². The number of hydrogen-bond donors (Lipinski definition) is 1. The van der Waals surface area contributed by atoms with E-state index in [1.54, 1.807) is 6.20 Å². The van der Waals surface area contributed by atoms with Crippen molar-refractivity contribution in [1.82, 2.24) is 25.1 Å². The van der Waals surface area contributed by atoms with Gasteiger partial charge in [0, 0.05) is 36.0 Å². The second kappa shape index (κ2) is 11.0. The van der Waals surface area contributed by atoms with Crippen molar-refractivity contribution >= 4 is 6.21 Å². The second-order valence-electron chi connectivity index (χ2n) is 10.3. The summed E-state index contributed by atoms with van der Waals surface area (Å²) in [5.41, 5.74) is 3.27. The van der Waals surface area contributed by atoms with Crippen LogP contribution in [0, 0.1) is 17.7 Å². The van der Waals surface area contributed by atoms with Gasteiger partial charge >= 0.3 is 0 Å². The van der Waals surface area contributed by atoms with Gasteiger partial charge in [-0.15, -0.1) is 0 Å². The number of aromatic nitrogens is 3. The Labute approximate surface area is 207 Å². The third kappa shape index (κ3) is 5.67. The number of rotatable bonds is 10. The van der Waals surface area contributed by atoms with Crippen LogP contribution in [0.5, 0.6) is 5.88 Å². The third-order valence-corrected chi connectivity index (χ3v) is 6.91. The highest BCUT2D eigenvalue weighted by molar-refractivity contribution is 5.71. The SMILES string of the molecule is CNCCC(CC(C)C)CN1CC(C)(n2nc(-c3cnc(OC)c(F)c3)c3c2CCOCC3)C=N1. The summed E-state index contributed by atoms with van der Waals surface area (Å²) < 4.78 is 27.4. The van der Waals surface area contributed by atoms with E-state index in [0.29, 0.717) is 30.6 Å². The lowest BCUT2D eigenvalue weighted by Crippen LogP contribution is -2.40. The van der Waals surface area contributed by atoms with Crippen molar-refractivity contribution < 1.29 is 13.9 Å². The summed E-state index contributed by atoms with van der Waals surface area (Å²) in [6.07, 6.45) is 7.46. The third-order valence-electron chi connectivity index (χ3n) is 6.91. The van der Waals surface area contributed by atoms with Crippen LogP contribution in [-0.2, 0) is 23.1 Å². The first kappa shape index (κ1) is 25.6. The molecule has 0 fully saturated rings. The van der Waals surface area contributed by atoms with Gasteiger partial charge in [0.05, 0.1) is 38.8 Å². The summed E-state index contributed by atoms with van der Waals surface area (Å²) in [6.45, 7) is 10.7. The molecule has 0 saturated carbocycles. The molecule has 0 aromatic carbocycles. The fraction of sp³-hybridized carbons (Fsp3) is 0.654. The zero-order valence-electron chi connectivity index (χ0n) is 21.7.